The second kappa shape index (κ2) is 15.4. The molecule has 2 heterocycles. The predicted molar refractivity (Wildman–Crippen MR) is 195 cm³/mol. The first-order valence-electron chi connectivity index (χ1n) is 16.7. The van der Waals surface area contributed by atoms with Crippen molar-refractivity contribution in [2.75, 3.05) is 32.9 Å². The van der Waals surface area contributed by atoms with Gasteiger partial charge in [-0.1, -0.05) is 42.5 Å². The number of benzene rings is 4. The second-order valence-corrected chi connectivity index (χ2v) is 13.0. The van der Waals surface area contributed by atoms with Crippen LogP contribution in [0.15, 0.2) is 94.1 Å². The second-order valence-electron chi connectivity index (χ2n) is 13.0. The minimum atomic E-state index is -1.01. The molecule has 0 bridgehead atoms. The van der Waals surface area contributed by atoms with E-state index in [1.54, 1.807) is 63.2 Å². The summed E-state index contributed by atoms with van der Waals surface area (Å²) in [6.45, 7) is 4.73. The molecule has 0 saturated carbocycles. The van der Waals surface area contributed by atoms with E-state index in [1.807, 2.05) is 30.3 Å². The van der Waals surface area contributed by atoms with E-state index in [0.29, 0.717) is 28.3 Å². The minimum Gasteiger partial charge on any atom is -0.493 e. The minimum absolute atomic E-state index is 0.000515. The third kappa shape index (κ3) is 8.52. The van der Waals surface area contributed by atoms with Crippen molar-refractivity contribution in [3.8, 4) is 40.1 Å². The largest absolute Gasteiger partial charge is 0.493 e. The van der Waals surface area contributed by atoms with E-state index in [1.165, 1.54) is 26.4 Å². The van der Waals surface area contributed by atoms with Gasteiger partial charge in [-0.25, -0.2) is 4.79 Å². The Hall–Kier alpha value is -6.50. The molecule has 13 heteroatoms. The number of fused-ring (bicyclic) bond motifs is 2. The molecule has 0 radical (unpaired) electrons. The van der Waals surface area contributed by atoms with Crippen LogP contribution in [0.3, 0.4) is 0 Å². The fourth-order valence-corrected chi connectivity index (χ4v) is 5.65. The van der Waals surface area contributed by atoms with Gasteiger partial charge in [-0.2, -0.15) is 0 Å². The maximum absolute atomic E-state index is 13.8. The molecule has 0 spiro atoms. The highest BCUT2D eigenvalue weighted by Crippen LogP contribution is 2.43. The number of esters is 1. The van der Waals surface area contributed by atoms with Gasteiger partial charge >= 0.3 is 5.97 Å². The van der Waals surface area contributed by atoms with E-state index in [2.05, 4.69) is 10.6 Å². The molecule has 0 saturated heterocycles. The highest BCUT2D eigenvalue weighted by molar-refractivity contribution is 6.05. The summed E-state index contributed by atoms with van der Waals surface area (Å²) in [5, 5.41) is 5.55. The lowest BCUT2D eigenvalue weighted by molar-refractivity contribution is -0.158. The normalized spacial score (nSPS) is 12.5. The summed E-state index contributed by atoms with van der Waals surface area (Å²) in [5.74, 6) is -0.234. The Balaban J connectivity index is 1.25. The van der Waals surface area contributed by atoms with Gasteiger partial charge in [0.25, 0.3) is 11.8 Å². The quantitative estimate of drug-likeness (QED) is 0.148. The van der Waals surface area contributed by atoms with Gasteiger partial charge in [-0.15, -0.1) is 0 Å². The van der Waals surface area contributed by atoms with Crippen LogP contribution in [-0.4, -0.2) is 57.0 Å². The number of rotatable bonds is 12. The van der Waals surface area contributed by atoms with Crippen LogP contribution in [0, 0.1) is 0 Å². The zero-order chi connectivity index (χ0) is 37.7. The fraction of sp³-hybridized carbons (Fsp3) is 0.250. The average molecular weight is 723 g/mol. The van der Waals surface area contributed by atoms with Gasteiger partial charge in [-0.3, -0.25) is 14.4 Å². The van der Waals surface area contributed by atoms with Crippen LogP contribution in [0.5, 0.6) is 28.7 Å². The van der Waals surface area contributed by atoms with Crippen molar-refractivity contribution >= 4 is 34.4 Å². The highest BCUT2D eigenvalue weighted by atomic mass is 16.7. The summed E-state index contributed by atoms with van der Waals surface area (Å²) in [6, 6.07) is 22.6. The van der Waals surface area contributed by atoms with Gasteiger partial charge in [0.1, 0.15) is 28.4 Å². The van der Waals surface area contributed by atoms with Gasteiger partial charge in [0.15, 0.2) is 35.0 Å². The van der Waals surface area contributed by atoms with E-state index < -0.39 is 35.6 Å². The maximum atomic E-state index is 13.8. The summed E-state index contributed by atoms with van der Waals surface area (Å²) in [4.78, 5) is 53.2. The third-order valence-electron chi connectivity index (χ3n) is 8.01. The molecule has 0 fully saturated rings. The zero-order valence-electron chi connectivity index (χ0n) is 29.8. The van der Waals surface area contributed by atoms with Crippen LogP contribution >= 0.6 is 0 Å². The molecular formula is C40H38N2O11. The first-order chi connectivity index (χ1) is 25.4. The van der Waals surface area contributed by atoms with Crippen LogP contribution in [0.25, 0.3) is 22.3 Å². The van der Waals surface area contributed by atoms with Crippen LogP contribution in [0.1, 0.15) is 36.7 Å². The van der Waals surface area contributed by atoms with Gasteiger partial charge in [0.05, 0.1) is 14.2 Å². The number of carbonyl (C=O) groups excluding carboxylic acids is 3. The van der Waals surface area contributed by atoms with Crippen molar-refractivity contribution in [3.05, 3.63) is 106 Å². The van der Waals surface area contributed by atoms with E-state index in [-0.39, 0.29) is 53.1 Å². The van der Waals surface area contributed by atoms with Crippen LogP contribution in [0.2, 0.25) is 0 Å². The molecule has 6 rings (SSSR count). The third-order valence-corrected chi connectivity index (χ3v) is 8.01. The molecular weight excluding hydrogens is 684 g/mol. The van der Waals surface area contributed by atoms with E-state index in [4.69, 9.17) is 32.8 Å². The molecule has 13 nitrogen and oxygen atoms in total. The predicted octanol–water partition coefficient (Wildman–Crippen LogP) is 5.91. The Bertz CT molecular complexity index is 2220. The van der Waals surface area contributed by atoms with E-state index >= 15 is 0 Å². The number of amides is 2. The summed E-state index contributed by atoms with van der Waals surface area (Å²) in [6.07, 6.45) is 0.183. The number of nitrogens with one attached hydrogen (secondary N) is 2. The number of ether oxygens (including phenoxy) is 6. The topological polar surface area (TPSA) is 161 Å². The van der Waals surface area contributed by atoms with Crippen LogP contribution in [0.4, 0.5) is 5.69 Å². The molecule has 274 valence electrons. The fourth-order valence-electron chi connectivity index (χ4n) is 5.65. The Morgan fingerprint density at radius 1 is 0.849 bits per heavy atom. The molecule has 2 amide bonds. The first-order valence-corrected chi connectivity index (χ1v) is 16.7. The Morgan fingerprint density at radius 2 is 1.62 bits per heavy atom. The van der Waals surface area contributed by atoms with Gasteiger partial charge in [0, 0.05) is 35.4 Å². The monoisotopic (exact) mass is 722 g/mol. The Kier molecular flexibility index (Phi) is 10.5. The summed E-state index contributed by atoms with van der Waals surface area (Å²) in [5.41, 5.74) is 0.944. The number of hydrogen-bond acceptors (Lipinski definition) is 11. The maximum Gasteiger partial charge on any atom is 0.329 e. The molecule has 1 aliphatic rings. The summed E-state index contributed by atoms with van der Waals surface area (Å²) >= 11 is 0. The molecule has 5 aromatic rings. The van der Waals surface area contributed by atoms with E-state index in [0.717, 1.165) is 5.56 Å². The van der Waals surface area contributed by atoms with Gasteiger partial charge in [-0.05, 0) is 56.7 Å². The van der Waals surface area contributed by atoms with Crippen molar-refractivity contribution < 1.29 is 47.2 Å². The van der Waals surface area contributed by atoms with Gasteiger partial charge in [0.2, 0.25) is 12.5 Å². The Labute approximate surface area is 304 Å². The summed E-state index contributed by atoms with van der Waals surface area (Å²) in [7, 11) is 2.78. The van der Waals surface area contributed by atoms with Gasteiger partial charge < -0.3 is 43.5 Å². The zero-order valence-corrected chi connectivity index (χ0v) is 29.8. The molecule has 0 unspecified atom stereocenters. The molecule has 1 atom stereocenters. The van der Waals surface area contributed by atoms with Crippen molar-refractivity contribution in [1.82, 2.24) is 5.32 Å². The van der Waals surface area contributed by atoms with Crippen molar-refractivity contribution in [3.63, 3.8) is 0 Å². The van der Waals surface area contributed by atoms with Crippen LogP contribution in [-0.2, 0) is 20.7 Å². The van der Waals surface area contributed by atoms with Crippen molar-refractivity contribution in [1.29, 1.82) is 0 Å². The average Bonchev–Trinajstić information content (AvgIpc) is 3.61. The molecule has 4 aromatic carbocycles. The Morgan fingerprint density at radius 3 is 2.36 bits per heavy atom. The molecule has 1 aromatic heterocycles. The molecule has 53 heavy (non-hydrogen) atoms. The van der Waals surface area contributed by atoms with Crippen molar-refractivity contribution in [2.24, 2.45) is 0 Å². The molecule has 2 N–H and O–H groups in total. The summed E-state index contributed by atoms with van der Waals surface area (Å²) < 4.78 is 39.5. The molecule has 1 aliphatic heterocycles. The standard InChI is InChI=1S/C40H38N2O11/c1-40(2,3)53-39(46)27(16-23-10-7-6-8-11-23)42-34(44)21-49-37-35-28(43)19-30(52-32(35)20-33(47-4)36(37)48-5)24-12-9-13-26(17-24)41-38(45)25-14-15-29-31(18-25)51-22-50-29/h6-15,17-20,27H,16,21-22H2,1-5H3,(H,41,45)(H,42,44)/t27-/m0/s1. The number of anilines is 1. The smallest absolute Gasteiger partial charge is 0.329 e. The highest BCUT2D eigenvalue weighted by Gasteiger charge is 2.28. The lowest BCUT2D eigenvalue weighted by Crippen LogP contribution is -2.47. The number of carbonyl (C=O) groups is 3. The number of hydrogen-bond donors (Lipinski definition) is 2. The first kappa shape index (κ1) is 36.3. The molecule has 0 aliphatic carbocycles. The van der Waals surface area contributed by atoms with Crippen molar-refractivity contribution in [2.45, 2.75) is 38.8 Å². The van der Waals surface area contributed by atoms with Crippen LogP contribution < -0.4 is 39.7 Å². The lowest BCUT2D eigenvalue weighted by atomic mass is 10.1. The van der Waals surface area contributed by atoms with E-state index in [9.17, 15) is 19.2 Å². The number of methoxy groups -OCH3 is 2. The SMILES string of the molecule is COc1cc2oc(-c3cccc(NC(=O)c4ccc5c(c4)OCO5)c3)cc(=O)c2c(OCC(=O)N[C@@H](Cc2ccccc2)C(=O)OC(C)(C)C)c1OC. The lowest BCUT2D eigenvalue weighted by Gasteiger charge is -2.25.